The Morgan fingerprint density at radius 3 is 2.79 bits per heavy atom. The summed E-state index contributed by atoms with van der Waals surface area (Å²) in [7, 11) is 1.52. The summed E-state index contributed by atoms with van der Waals surface area (Å²) in [6, 6.07) is 5.24. The van der Waals surface area contributed by atoms with Crippen molar-refractivity contribution in [3.63, 3.8) is 0 Å². The van der Waals surface area contributed by atoms with Crippen LogP contribution >= 0.6 is 12.6 Å². The van der Waals surface area contributed by atoms with E-state index in [0.717, 1.165) is 5.69 Å². The zero-order chi connectivity index (χ0) is 14.0. The summed E-state index contributed by atoms with van der Waals surface area (Å²) in [5.74, 6) is 1.53. The molecule has 5 heteroatoms. The zero-order valence-corrected chi connectivity index (χ0v) is 11.9. The number of hydrogen-bond acceptors (Lipinski definition) is 4. The van der Waals surface area contributed by atoms with E-state index in [1.54, 1.807) is 23.1 Å². The Morgan fingerprint density at radius 2 is 2.26 bits per heavy atom. The van der Waals surface area contributed by atoms with Crippen molar-refractivity contribution in [2.45, 2.75) is 13.3 Å². The van der Waals surface area contributed by atoms with Gasteiger partial charge in [0, 0.05) is 24.7 Å². The Hall–Kier alpha value is -1.49. The van der Waals surface area contributed by atoms with Crippen LogP contribution in [0.4, 0.5) is 5.69 Å². The van der Waals surface area contributed by atoms with E-state index in [4.69, 9.17) is 4.74 Å². The normalized spacial score (nSPS) is 18.8. The third-order valence-corrected chi connectivity index (χ3v) is 3.86. The maximum atomic E-state index is 11.9. The summed E-state index contributed by atoms with van der Waals surface area (Å²) in [6.07, 6.45) is 0.528. The van der Waals surface area contributed by atoms with Crippen LogP contribution in [0.1, 0.15) is 23.7 Å². The number of nitrogens with zero attached hydrogens (tertiary/aromatic N) is 1. The molecule has 0 bridgehead atoms. The molecule has 1 saturated heterocycles. The Kier molecular flexibility index (Phi) is 4.14. The molecule has 102 valence electrons. The monoisotopic (exact) mass is 279 g/mol. The van der Waals surface area contributed by atoms with Gasteiger partial charge in [-0.15, -0.1) is 0 Å². The van der Waals surface area contributed by atoms with Crippen LogP contribution in [-0.4, -0.2) is 31.1 Å². The topological polar surface area (TPSA) is 46.6 Å². The van der Waals surface area contributed by atoms with E-state index in [9.17, 15) is 9.59 Å². The predicted molar refractivity (Wildman–Crippen MR) is 77.3 cm³/mol. The van der Waals surface area contributed by atoms with E-state index in [1.165, 1.54) is 14.0 Å². The number of methoxy groups -OCH3 is 1. The van der Waals surface area contributed by atoms with Gasteiger partial charge in [0.25, 0.3) is 0 Å². The fourth-order valence-corrected chi connectivity index (χ4v) is 2.54. The summed E-state index contributed by atoms with van der Waals surface area (Å²) < 4.78 is 5.22. The number of Topliss-reactive ketones (excluding diaryl/α,β-unsaturated/α-hetero) is 1. The summed E-state index contributed by atoms with van der Waals surface area (Å²) in [4.78, 5) is 25.1. The fraction of sp³-hybridized carbons (Fsp3) is 0.429. The van der Waals surface area contributed by atoms with Crippen LogP contribution in [0.3, 0.4) is 0 Å². The molecule has 0 saturated carbocycles. The van der Waals surface area contributed by atoms with Gasteiger partial charge in [-0.25, -0.2) is 0 Å². The molecule has 1 aromatic rings. The minimum Gasteiger partial charge on any atom is -0.496 e. The molecule has 1 aliphatic heterocycles. The molecule has 0 radical (unpaired) electrons. The minimum atomic E-state index is -0.0515. The van der Waals surface area contributed by atoms with Crippen molar-refractivity contribution >= 4 is 30.0 Å². The Morgan fingerprint density at radius 1 is 1.53 bits per heavy atom. The van der Waals surface area contributed by atoms with Crippen molar-refractivity contribution in [3.05, 3.63) is 23.8 Å². The van der Waals surface area contributed by atoms with E-state index in [0.29, 0.717) is 30.0 Å². The first-order valence-electron chi connectivity index (χ1n) is 6.17. The molecule has 1 amide bonds. The van der Waals surface area contributed by atoms with E-state index in [-0.39, 0.29) is 17.6 Å². The van der Waals surface area contributed by atoms with Crippen LogP contribution < -0.4 is 9.64 Å². The van der Waals surface area contributed by atoms with Gasteiger partial charge in [-0.1, -0.05) is 0 Å². The van der Waals surface area contributed by atoms with Crippen LogP contribution in [0, 0.1) is 5.92 Å². The quantitative estimate of drug-likeness (QED) is 0.679. The lowest BCUT2D eigenvalue weighted by atomic mass is 10.1. The van der Waals surface area contributed by atoms with Crippen LogP contribution in [0.5, 0.6) is 5.75 Å². The lowest BCUT2D eigenvalue weighted by molar-refractivity contribution is -0.117. The third-order valence-electron chi connectivity index (χ3n) is 3.34. The van der Waals surface area contributed by atoms with Crippen LogP contribution in [-0.2, 0) is 4.79 Å². The second kappa shape index (κ2) is 5.65. The number of amides is 1. The lowest BCUT2D eigenvalue weighted by Crippen LogP contribution is -2.24. The van der Waals surface area contributed by atoms with Crippen LogP contribution in [0.2, 0.25) is 0 Å². The highest BCUT2D eigenvalue weighted by Gasteiger charge is 2.30. The van der Waals surface area contributed by atoms with Crippen molar-refractivity contribution in [3.8, 4) is 5.75 Å². The second-order valence-corrected chi connectivity index (χ2v) is 5.06. The van der Waals surface area contributed by atoms with Gasteiger partial charge in [-0.2, -0.15) is 12.6 Å². The molecule has 1 fully saturated rings. The van der Waals surface area contributed by atoms with Crippen LogP contribution in [0.15, 0.2) is 18.2 Å². The number of carbonyl (C=O) groups is 2. The van der Waals surface area contributed by atoms with E-state index in [2.05, 4.69) is 12.6 Å². The van der Waals surface area contributed by atoms with Gasteiger partial charge in [0.2, 0.25) is 5.91 Å². The molecule has 19 heavy (non-hydrogen) atoms. The molecule has 0 aliphatic carbocycles. The maximum absolute atomic E-state index is 11.9. The van der Waals surface area contributed by atoms with Crippen molar-refractivity contribution in [2.24, 2.45) is 5.92 Å². The maximum Gasteiger partial charge on any atom is 0.227 e. The van der Waals surface area contributed by atoms with Gasteiger partial charge in [-0.3, -0.25) is 9.59 Å². The number of benzene rings is 1. The molecule has 2 rings (SSSR count). The van der Waals surface area contributed by atoms with Gasteiger partial charge < -0.3 is 9.64 Å². The van der Waals surface area contributed by atoms with E-state index < -0.39 is 0 Å². The predicted octanol–water partition coefficient (Wildman–Crippen LogP) is 2.18. The number of carbonyl (C=O) groups excluding carboxylic acids is 2. The molecule has 1 atom stereocenters. The second-order valence-electron chi connectivity index (χ2n) is 4.70. The molecule has 0 aromatic heterocycles. The smallest absolute Gasteiger partial charge is 0.227 e. The molecule has 4 nitrogen and oxygen atoms in total. The molecule has 1 heterocycles. The first kappa shape index (κ1) is 13.9. The summed E-state index contributed by atoms with van der Waals surface area (Å²) in [5.41, 5.74) is 1.31. The number of thiol groups is 1. The van der Waals surface area contributed by atoms with Crippen molar-refractivity contribution in [1.29, 1.82) is 0 Å². The lowest BCUT2D eigenvalue weighted by Gasteiger charge is -2.18. The van der Waals surface area contributed by atoms with Crippen molar-refractivity contribution < 1.29 is 14.3 Å². The number of hydrogen-bond donors (Lipinski definition) is 1. The standard InChI is InChI=1S/C14H17NO3S/c1-9(16)12-4-3-11(6-13(12)18-2)15-7-10(8-19)5-14(15)17/h3-4,6,10,19H,5,7-8H2,1-2H3. The molecular formula is C14H17NO3S. The first-order chi connectivity index (χ1) is 9.06. The fourth-order valence-electron chi connectivity index (χ4n) is 2.29. The highest BCUT2D eigenvalue weighted by molar-refractivity contribution is 7.80. The third kappa shape index (κ3) is 2.76. The molecule has 0 spiro atoms. The van der Waals surface area contributed by atoms with Gasteiger partial charge in [0.1, 0.15) is 5.75 Å². The summed E-state index contributed by atoms with van der Waals surface area (Å²) in [5, 5.41) is 0. The number of rotatable bonds is 4. The highest BCUT2D eigenvalue weighted by Crippen LogP contribution is 2.30. The Bertz CT molecular complexity index is 515. The molecule has 1 aliphatic rings. The number of ether oxygens (including phenoxy) is 1. The summed E-state index contributed by atoms with van der Waals surface area (Å²) in [6.45, 7) is 2.17. The SMILES string of the molecule is COc1cc(N2CC(CS)CC2=O)ccc1C(C)=O. The van der Waals surface area contributed by atoms with Gasteiger partial charge in [0.05, 0.1) is 12.7 Å². The minimum absolute atomic E-state index is 0.0515. The first-order valence-corrected chi connectivity index (χ1v) is 6.80. The van der Waals surface area contributed by atoms with Crippen molar-refractivity contribution in [2.75, 3.05) is 24.3 Å². The zero-order valence-electron chi connectivity index (χ0n) is 11.0. The molecular weight excluding hydrogens is 262 g/mol. The van der Waals surface area contributed by atoms with Gasteiger partial charge in [0.15, 0.2) is 5.78 Å². The van der Waals surface area contributed by atoms with Gasteiger partial charge in [-0.05, 0) is 30.7 Å². The molecule has 1 unspecified atom stereocenters. The Labute approximate surface area is 118 Å². The largest absolute Gasteiger partial charge is 0.496 e. The highest BCUT2D eigenvalue weighted by atomic mass is 32.1. The van der Waals surface area contributed by atoms with Gasteiger partial charge >= 0.3 is 0 Å². The van der Waals surface area contributed by atoms with E-state index >= 15 is 0 Å². The number of anilines is 1. The average Bonchev–Trinajstić information content (AvgIpc) is 2.79. The molecule has 1 aromatic carbocycles. The molecule has 0 N–H and O–H groups in total. The van der Waals surface area contributed by atoms with Crippen LogP contribution in [0.25, 0.3) is 0 Å². The summed E-state index contributed by atoms with van der Waals surface area (Å²) >= 11 is 4.24. The number of ketones is 1. The Balaban J connectivity index is 2.31. The average molecular weight is 279 g/mol. The van der Waals surface area contributed by atoms with Crippen molar-refractivity contribution in [1.82, 2.24) is 0 Å². The van der Waals surface area contributed by atoms with E-state index in [1.807, 2.05) is 0 Å².